The van der Waals surface area contributed by atoms with Gasteiger partial charge in [-0.2, -0.15) is 0 Å². The van der Waals surface area contributed by atoms with Gasteiger partial charge in [0.2, 0.25) is 5.91 Å². The van der Waals surface area contributed by atoms with E-state index in [0.29, 0.717) is 25.5 Å². The molecule has 2 rings (SSSR count). The van der Waals surface area contributed by atoms with Crippen LogP contribution in [-0.4, -0.2) is 30.5 Å². The number of ether oxygens (including phenoxy) is 1. The van der Waals surface area contributed by atoms with Crippen molar-refractivity contribution in [3.63, 3.8) is 0 Å². The standard InChI is InChI=1S/C15H20ClNO2/c1-12-2-4-13(5-3-12)10-14(18)17-15(11-16)6-8-19-9-7-15/h2-5H,6-11H2,1H3,(H,17,18). The van der Waals surface area contributed by atoms with Crippen molar-refractivity contribution in [2.24, 2.45) is 0 Å². The van der Waals surface area contributed by atoms with E-state index in [1.807, 2.05) is 31.2 Å². The van der Waals surface area contributed by atoms with Gasteiger partial charge in [-0.1, -0.05) is 29.8 Å². The summed E-state index contributed by atoms with van der Waals surface area (Å²) in [6.07, 6.45) is 1.98. The molecule has 1 aromatic rings. The summed E-state index contributed by atoms with van der Waals surface area (Å²) in [6.45, 7) is 3.36. The van der Waals surface area contributed by atoms with Crippen LogP contribution in [-0.2, 0) is 16.0 Å². The maximum atomic E-state index is 12.1. The van der Waals surface area contributed by atoms with E-state index < -0.39 is 0 Å². The third-order valence-corrected chi connectivity index (χ3v) is 4.11. The van der Waals surface area contributed by atoms with Crippen LogP contribution in [0.15, 0.2) is 24.3 Å². The summed E-state index contributed by atoms with van der Waals surface area (Å²) in [6, 6.07) is 8.03. The van der Waals surface area contributed by atoms with Crippen molar-refractivity contribution < 1.29 is 9.53 Å². The van der Waals surface area contributed by atoms with Crippen molar-refractivity contribution in [3.8, 4) is 0 Å². The van der Waals surface area contributed by atoms with Gasteiger partial charge in [0, 0.05) is 19.1 Å². The van der Waals surface area contributed by atoms with Crippen molar-refractivity contribution in [1.29, 1.82) is 0 Å². The second-order valence-electron chi connectivity index (χ2n) is 5.24. The molecule has 0 saturated carbocycles. The van der Waals surface area contributed by atoms with Crippen LogP contribution in [0.25, 0.3) is 0 Å². The smallest absolute Gasteiger partial charge is 0.224 e. The Morgan fingerprint density at radius 2 is 1.95 bits per heavy atom. The summed E-state index contributed by atoms with van der Waals surface area (Å²) in [5.74, 6) is 0.474. The fourth-order valence-corrected chi connectivity index (χ4v) is 2.62. The molecule has 0 atom stereocenters. The van der Waals surface area contributed by atoms with Gasteiger partial charge in [0.25, 0.3) is 0 Å². The van der Waals surface area contributed by atoms with Crippen LogP contribution in [0.4, 0.5) is 0 Å². The Bertz CT molecular complexity index is 424. The maximum absolute atomic E-state index is 12.1. The van der Waals surface area contributed by atoms with Crippen LogP contribution in [0.2, 0.25) is 0 Å². The van der Waals surface area contributed by atoms with Gasteiger partial charge in [-0.3, -0.25) is 4.79 Å². The second-order valence-corrected chi connectivity index (χ2v) is 5.50. The molecule has 0 spiro atoms. The minimum absolute atomic E-state index is 0.0337. The van der Waals surface area contributed by atoms with E-state index in [1.165, 1.54) is 5.56 Å². The maximum Gasteiger partial charge on any atom is 0.224 e. The number of hydrogen-bond donors (Lipinski definition) is 1. The van der Waals surface area contributed by atoms with E-state index in [9.17, 15) is 4.79 Å². The molecule has 1 aromatic carbocycles. The molecule has 1 aliphatic heterocycles. The monoisotopic (exact) mass is 281 g/mol. The highest BCUT2D eigenvalue weighted by atomic mass is 35.5. The predicted octanol–water partition coefficient (Wildman–Crippen LogP) is 2.44. The minimum Gasteiger partial charge on any atom is -0.381 e. The van der Waals surface area contributed by atoms with Crippen LogP contribution < -0.4 is 5.32 Å². The van der Waals surface area contributed by atoms with E-state index in [1.54, 1.807) is 0 Å². The van der Waals surface area contributed by atoms with Gasteiger partial charge in [-0.15, -0.1) is 11.6 Å². The van der Waals surface area contributed by atoms with Crippen molar-refractivity contribution in [3.05, 3.63) is 35.4 Å². The van der Waals surface area contributed by atoms with Crippen LogP contribution >= 0.6 is 11.6 Å². The molecule has 0 unspecified atom stereocenters. The lowest BCUT2D eigenvalue weighted by Gasteiger charge is -2.36. The molecule has 0 aromatic heterocycles. The number of amides is 1. The first kappa shape index (κ1) is 14.4. The second kappa shape index (κ2) is 6.40. The van der Waals surface area contributed by atoms with Gasteiger partial charge in [0.05, 0.1) is 12.0 Å². The number of nitrogens with one attached hydrogen (secondary N) is 1. The largest absolute Gasteiger partial charge is 0.381 e. The molecule has 1 heterocycles. The Labute approximate surface area is 119 Å². The Morgan fingerprint density at radius 3 is 2.53 bits per heavy atom. The molecule has 1 saturated heterocycles. The molecule has 1 aliphatic rings. The highest BCUT2D eigenvalue weighted by Gasteiger charge is 2.33. The average molecular weight is 282 g/mol. The number of benzene rings is 1. The van der Waals surface area contributed by atoms with Crippen molar-refractivity contribution in [2.75, 3.05) is 19.1 Å². The summed E-state index contributed by atoms with van der Waals surface area (Å²) in [4.78, 5) is 12.1. The first-order valence-electron chi connectivity index (χ1n) is 6.64. The van der Waals surface area contributed by atoms with Crippen molar-refractivity contribution >= 4 is 17.5 Å². The van der Waals surface area contributed by atoms with E-state index in [-0.39, 0.29) is 11.4 Å². The molecule has 19 heavy (non-hydrogen) atoms. The third-order valence-electron chi connectivity index (χ3n) is 3.60. The normalized spacial score (nSPS) is 18.0. The summed E-state index contributed by atoms with van der Waals surface area (Å²) >= 11 is 6.03. The molecule has 0 bridgehead atoms. The lowest BCUT2D eigenvalue weighted by Crippen LogP contribution is -2.53. The Kier molecular flexibility index (Phi) is 4.83. The van der Waals surface area contributed by atoms with Gasteiger partial charge in [0.1, 0.15) is 0 Å². The predicted molar refractivity (Wildman–Crippen MR) is 76.5 cm³/mol. The Balaban J connectivity index is 1.94. The quantitative estimate of drug-likeness (QED) is 0.861. The number of halogens is 1. The first-order valence-corrected chi connectivity index (χ1v) is 7.17. The van der Waals surface area contributed by atoms with E-state index in [0.717, 1.165) is 18.4 Å². The zero-order valence-corrected chi connectivity index (χ0v) is 12.0. The zero-order chi connectivity index (χ0) is 13.7. The highest BCUT2D eigenvalue weighted by Crippen LogP contribution is 2.22. The molecular weight excluding hydrogens is 262 g/mol. The van der Waals surface area contributed by atoms with Crippen LogP contribution in [0.3, 0.4) is 0 Å². The number of alkyl halides is 1. The number of carbonyl (C=O) groups is 1. The molecule has 1 fully saturated rings. The van der Waals surface area contributed by atoms with Gasteiger partial charge < -0.3 is 10.1 Å². The highest BCUT2D eigenvalue weighted by molar-refractivity contribution is 6.18. The fourth-order valence-electron chi connectivity index (χ4n) is 2.29. The molecular formula is C15H20ClNO2. The van der Waals surface area contributed by atoms with E-state index in [2.05, 4.69) is 5.32 Å². The Morgan fingerprint density at radius 1 is 1.32 bits per heavy atom. The zero-order valence-electron chi connectivity index (χ0n) is 11.2. The molecule has 104 valence electrons. The molecule has 1 N–H and O–H groups in total. The van der Waals surface area contributed by atoms with Gasteiger partial charge >= 0.3 is 0 Å². The number of carbonyl (C=O) groups excluding carboxylic acids is 1. The van der Waals surface area contributed by atoms with Crippen LogP contribution in [0, 0.1) is 6.92 Å². The molecule has 0 radical (unpaired) electrons. The Hall–Kier alpha value is -1.06. The van der Waals surface area contributed by atoms with Crippen molar-refractivity contribution in [2.45, 2.75) is 31.7 Å². The summed E-state index contributed by atoms with van der Waals surface area (Å²) in [5, 5.41) is 3.09. The topological polar surface area (TPSA) is 38.3 Å². The first-order chi connectivity index (χ1) is 9.13. The fraction of sp³-hybridized carbons (Fsp3) is 0.533. The SMILES string of the molecule is Cc1ccc(CC(=O)NC2(CCl)CCOCC2)cc1. The molecule has 3 nitrogen and oxygen atoms in total. The number of hydrogen-bond acceptors (Lipinski definition) is 2. The molecule has 1 amide bonds. The lowest BCUT2D eigenvalue weighted by molar-refractivity contribution is -0.123. The van der Waals surface area contributed by atoms with E-state index >= 15 is 0 Å². The molecule has 4 heteroatoms. The molecule has 0 aliphatic carbocycles. The summed E-state index contributed by atoms with van der Waals surface area (Å²) in [5.41, 5.74) is 1.94. The van der Waals surface area contributed by atoms with Gasteiger partial charge in [0.15, 0.2) is 0 Å². The number of aryl methyl sites for hydroxylation is 1. The third kappa shape index (κ3) is 3.95. The minimum atomic E-state index is -0.290. The van der Waals surface area contributed by atoms with Gasteiger partial charge in [-0.25, -0.2) is 0 Å². The summed E-state index contributed by atoms with van der Waals surface area (Å²) < 4.78 is 5.33. The van der Waals surface area contributed by atoms with Crippen LogP contribution in [0.5, 0.6) is 0 Å². The average Bonchev–Trinajstić information content (AvgIpc) is 2.42. The van der Waals surface area contributed by atoms with Crippen LogP contribution in [0.1, 0.15) is 24.0 Å². The van der Waals surface area contributed by atoms with Gasteiger partial charge in [-0.05, 0) is 25.3 Å². The summed E-state index contributed by atoms with van der Waals surface area (Å²) in [7, 11) is 0. The van der Waals surface area contributed by atoms with Crippen molar-refractivity contribution in [1.82, 2.24) is 5.32 Å². The lowest BCUT2D eigenvalue weighted by atomic mass is 9.92. The van der Waals surface area contributed by atoms with E-state index in [4.69, 9.17) is 16.3 Å². The number of rotatable bonds is 4.